The summed E-state index contributed by atoms with van der Waals surface area (Å²) in [7, 11) is 0. The lowest BCUT2D eigenvalue weighted by Gasteiger charge is -2.37. The molecule has 110 valence electrons. The summed E-state index contributed by atoms with van der Waals surface area (Å²) >= 11 is 11.1. The Morgan fingerprint density at radius 3 is 2.65 bits per heavy atom. The molecule has 0 amide bonds. The lowest BCUT2D eigenvalue weighted by molar-refractivity contribution is 0.118. The van der Waals surface area contributed by atoms with Gasteiger partial charge in [-0.15, -0.1) is 0 Å². The van der Waals surface area contributed by atoms with Gasteiger partial charge in [0.25, 0.3) is 0 Å². The van der Waals surface area contributed by atoms with Gasteiger partial charge in [-0.25, -0.2) is 4.39 Å². The molecule has 20 heavy (non-hydrogen) atoms. The van der Waals surface area contributed by atoms with Crippen LogP contribution in [0.25, 0.3) is 0 Å². The molecule has 1 aromatic carbocycles. The highest BCUT2D eigenvalue weighted by Gasteiger charge is 2.22. The summed E-state index contributed by atoms with van der Waals surface area (Å²) in [6.07, 6.45) is 0. The normalized spacial score (nSPS) is 18.9. The van der Waals surface area contributed by atoms with Crippen molar-refractivity contribution in [3.8, 4) is 0 Å². The number of halogens is 2. The van der Waals surface area contributed by atoms with Gasteiger partial charge in [-0.05, 0) is 30.7 Å². The highest BCUT2D eigenvalue weighted by Crippen LogP contribution is 2.20. The summed E-state index contributed by atoms with van der Waals surface area (Å²) in [6.45, 7) is 6.32. The van der Waals surface area contributed by atoms with Gasteiger partial charge >= 0.3 is 0 Å². The van der Waals surface area contributed by atoms with Crippen LogP contribution in [-0.2, 0) is 6.54 Å². The summed E-state index contributed by atoms with van der Waals surface area (Å²) in [6, 6.07) is 4.63. The number of rotatable bonds is 4. The minimum atomic E-state index is -0.245. The van der Waals surface area contributed by atoms with Crippen molar-refractivity contribution < 1.29 is 4.39 Å². The van der Waals surface area contributed by atoms with Gasteiger partial charge < -0.3 is 5.73 Å². The van der Waals surface area contributed by atoms with Crippen molar-refractivity contribution in [3.05, 3.63) is 34.6 Å². The Hall–Kier alpha value is -0.750. The van der Waals surface area contributed by atoms with E-state index >= 15 is 0 Å². The second kappa shape index (κ2) is 6.80. The molecule has 0 aliphatic carbocycles. The lowest BCUT2D eigenvalue weighted by atomic mass is 10.1. The minimum Gasteiger partial charge on any atom is -0.392 e. The smallest absolute Gasteiger partial charge is 0.123 e. The lowest BCUT2D eigenvalue weighted by Crippen LogP contribution is -2.52. The van der Waals surface area contributed by atoms with E-state index < -0.39 is 0 Å². The van der Waals surface area contributed by atoms with Crippen LogP contribution in [0, 0.1) is 5.82 Å². The van der Waals surface area contributed by atoms with Gasteiger partial charge in [-0.3, -0.25) is 9.80 Å². The van der Waals surface area contributed by atoms with E-state index in [9.17, 15) is 4.39 Å². The van der Waals surface area contributed by atoms with Gasteiger partial charge in [-0.1, -0.05) is 23.8 Å². The predicted octanol–water partition coefficient (Wildman–Crippen LogP) is 2.27. The van der Waals surface area contributed by atoms with E-state index in [4.69, 9.17) is 29.6 Å². The van der Waals surface area contributed by atoms with Gasteiger partial charge in [-0.2, -0.15) is 0 Å². The first kappa shape index (κ1) is 15.6. The van der Waals surface area contributed by atoms with Crippen molar-refractivity contribution in [1.82, 2.24) is 9.80 Å². The predicted molar refractivity (Wildman–Crippen MR) is 84.5 cm³/mol. The SMILES string of the molecule is CC(C(N)=S)N1CCN(Cc2cc(F)ccc2Cl)CC1. The van der Waals surface area contributed by atoms with Crippen LogP contribution in [0.5, 0.6) is 0 Å². The molecule has 1 atom stereocenters. The number of hydrogen-bond donors (Lipinski definition) is 1. The molecule has 1 aliphatic heterocycles. The minimum absolute atomic E-state index is 0.130. The molecule has 0 aromatic heterocycles. The molecule has 0 bridgehead atoms. The largest absolute Gasteiger partial charge is 0.392 e. The van der Waals surface area contributed by atoms with Crippen LogP contribution in [0.15, 0.2) is 18.2 Å². The van der Waals surface area contributed by atoms with Crippen LogP contribution in [0.4, 0.5) is 4.39 Å². The number of nitrogens with zero attached hydrogens (tertiary/aromatic N) is 2. The Kier molecular flexibility index (Phi) is 5.32. The fourth-order valence-corrected chi connectivity index (χ4v) is 2.72. The van der Waals surface area contributed by atoms with Gasteiger partial charge in [0.05, 0.1) is 11.0 Å². The third kappa shape index (κ3) is 3.88. The van der Waals surface area contributed by atoms with E-state index in [2.05, 4.69) is 9.80 Å². The standard InChI is InChI=1S/C14H19ClFN3S/c1-10(14(17)20)19-6-4-18(5-7-19)9-11-8-12(16)2-3-13(11)15/h2-3,8,10H,4-7,9H2,1H3,(H2,17,20). The zero-order chi connectivity index (χ0) is 14.7. The fraction of sp³-hybridized carbons (Fsp3) is 0.500. The van der Waals surface area contributed by atoms with Crippen LogP contribution >= 0.6 is 23.8 Å². The number of hydrogen-bond acceptors (Lipinski definition) is 3. The van der Waals surface area contributed by atoms with Crippen LogP contribution in [0.3, 0.4) is 0 Å². The number of thiocarbonyl (C=S) groups is 1. The van der Waals surface area contributed by atoms with Gasteiger partial charge in [0.15, 0.2) is 0 Å². The molecule has 3 nitrogen and oxygen atoms in total. The number of benzene rings is 1. The van der Waals surface area contributed by atoms with Crippen LogP contribution < -0.4 is 5.73 Å². The number of nitrogens with two attached hydrogens (primary N) is 1. The molecule has 1 unspecified atom stereocenters. The van der Waals surface area contributed by atoms with E-state index in [1.165, 1.54) is 12.1 Å². The Bertz CT molecular complexity index is 489. The zero-order valence-corrected chi connectivity index (χ0v) is 13.1. The molecule has 2 rings (SSSR count). The van der Waals surface area contributed by atoms with E-state index in [1.807, 2.05) is 6.92 Å². The molecule has 1 aliphatic rings. The van der Waals surface area contributed by atoms with E-state index in [0.29, 0.717) is 16.6 Å². The van der Waals surface area contributed by atoms with E-state index in [-0.39, 0.29) is 11.9 Å². The zero-order valence-electron chi connectivity index (χ0n) is 11.5. The average Bonchev–Trinajstić information content (AvgIpc) is 2.43. The third-order valence-corrected chi connectivity index (χ3v) is 4.48. The molecule has 0 saturated carbocycles. The van der Waals surface area contributed by atoms with E-state index in [0.717, 1.165) is 31.7 Å². The van der Waals surface area contributed by atoms with Gasteiger partial charge in [0.1, 0.15) is 5.82 Å². The summed E-state index contributed by atoms with van der Waals surface area (Å²) in [5.74, 6) is -0.245. The molecular formula is C14H19ClFN3S. The van der Waals surface area contributed by atoms with Gasteiger partial charge in [0, 0.05) is 37.7 Å². The van der Waals surface area contributed by atoms with Crippen molar-refractivity contribution in [2.24, 2.45) is 5.73 Å². The van der Waals surface area contributed by atoms with Crippen LogP contribution in [0.1, 0.15) is 12.5 Å². The first-order valence-electron chi connectivity index (χ1n) is 6.67. The summed E-state index contributed by atoms with van der Waals surface area (Å²) < 4.78 is 13.2. The maximum absolute atomic E-state index is 13.2. The second-order valence-electron chi connectivity index (χ2n) is 5.13. The number of piperazine rings is 1. The molecule has 6 heteroatoms. The molecular weight excluding hydrogens is 297 g/mol. The quantitative estimate of drug-likeness (QED) is 0.864. The Balaban J connectivity index is 1.91. The summed E-state index contributed by atoms with van der Waals surface area (Å²) in [4.78, 5) is 5.07. The summed E-state index contributed by atoms with van der Waals surface area (Å²) in [5.41, 5.74) is 6.51. The molecule has 1 fully saturated rings. The average molecular weight is 316 g/mol. The maximum atomic E-state index is 13.2. The molecule has 0 radical (unpaired) electrons. The second-order valence-corrected chi connectivity index (χ2v) is 6.00. The topological polar surface area (TPSA) is 32.5 Å². The Morgan fingerprint density at radius 2 is 2.05 bits per heavy atom. The Morgan fingerprint density at radius 1 is 1.40 bits per heavy atom. The molecule has 1 heterocycles. The summed E-state index contributed by atoms with van der Waals surface area (Å²) in [5, 5.41) is 0.616. The van der Waals surface area contributed by atoms with Crippen molar-refractivity contribution >= 4 is 28.8 Å². The van der Waals surface area contributed by atoms with Crippen molar-refractivity contribution in [2.75, 3.05) is 26.2 Å². The first-order chi connectivity index (χ1) is 9.47. The molecule has 1 saturated heterocycles. The van der Waals surface area contributed by atoms with Crippen LogP contribution in [0.2, 0.25) is 5.02 Å². The van der Waals surface area contributed by atoms with Crippen LogP contribution in [-0.4, -0.2) is 47.0 Å². The molecule has 0 spiro atoms. The van der Waals surface area contributed by atoms with Gasteiger partial charge in [0.2, 0.25) is 0 Å². The molecule has 1 aromatic rings. The van der Waals surface area contributed by atoms with Crippen molar-refractivity contribution in [3.63, 3.8) is 0 Å². The first-order valence-corrected chi connectivity index (χ1v) is 7.45. The fourth-order valence-electron chi connectivity index (χ4n) is 2.39. The molecule has 2 N–H and O–H groups in total. The van der Waals surface area contributed by atoms with Crippen molar-refractivity contribution in [2.45, 2.75) is 19.5 Å². The third-order valence-electron chi connectivity index (χ3n) is 3.77. The highest BCUT2D eigenvalue weighted by atomic mass is 35.5. The van der Waals surface area contributed by atoms with Crippen molar-refractivity contribution in [1.29, 1.82) is 0 Å². The highest BCUT2D eigenvalue weighted by molar-refractivity contribution is 7.80. The van der Waals surface area contributed by atoms with E-state index in [1.54, 1.807) is 6.07 Å². The Labute approximate surface area is 129 Å². The monoisotopic (exact) mass is 315 g/mol. The maximum Gasteiger partial charge on any atom is 0.123 e.